The normalized spacial score (nSPS) is 12.3. The Kier molecular flexibility index (Phi) is 5.55. The second-order valence-corrected chi connectivity index (χ2v) is 8.09. The van der Waals surface area contributed by atoms with Crippen molar-refractivity contribution in [3.05, 3.63) is 77.4 Å². The van der Waals surface area contributed by atoms with Crippen molar-refractivity contribution >= 4 is 23.2 Å². The van der Waals surface area contributed by atoms with Crippen molar-refractivity contribution in [3.8, 4) is 22.5 Å². The van der Waals surface area contributed by atoms with Crippen molar-refractivity contribution < 1.29 is 4.79 Å². The third-order valence-corrected chi connectivity index (χ3v) is 5.57. The van der Waals surface area contributed by atoms with Crippen LogP contribution in [0.3, 0.4) is 0 Å². The minimum absolute atomic E-state index is 0.0219. The van der Waals surface area contributed by atoms with Gasteiger partial charge in [0.05, 0.1) is 11.4 Å². The number of benzene rings is 2. The van der Waals surface area contributed by atoms with Gasteiger partial charge in [-0.3, -0.25) is 4.79 Å². The standard InChI is InChI=1S/C24H23ClN4O/c1-15(2)16(3)26-24(30)22-13-21(18-11-7-8-12-19(18)25)27-23-14-20(28-29(22)23)17-9-5-4-6-10-17/h4-16H,1-3H3,(H,26,30)/t16-/m0/s1. The zero-order valence-electron chi connectivity index (χ0n) is 17.1. The van der Waals surface area contributed by atoms with E-state index in [0.29, 0.717) is 28.0 Å². The molecule has 0 radical (unpaired) electrons. The fourth-order valence-electron chi connectivity index (χ4n) is 3.14. The Bertz CT molecular complexity index is 1200. The molecule has 0 saturated heterocycles. The highest BCUT2D eigenvalue weighted by atomic mass is 35.5. The van der Waals surface area contributed by atoms with Crippen molar-refractivity contribution in [1.29, 1.82) is 0 Å². The van der Waals surface area contributed by atoms with E-state index in [1.54, 1.807) is 10.6 Å². The average Bonchev–Trinajstić information content (AvgIpc) is 3.18. The molecule has 4 aromatic rings. The van der Waals surface area contributed by atoms with E-state index in [9.17, 15) is 4.79 Å². The number of nitrogens with zero attached hydrogens (tertiary/aromatic N) is 3. The van der Waals surface area contributed by atoms with Crippen LogP contribution in [0.2, 0.25) is 5.02 Å². The number of hydrogen-bond acceptors (Lipinski definition) is 3. The Morgan fingerprint density at radius 3 is 2.37 bits per heavy atom. The number of fused-ring (bicyclic) bond motifs is 1. The zero-order valence-corrected chi connectivity index (χ0v) is 17.9. The largest absolute Gasteiger partial charge is 0.348 e. The van der Waals surface area contributed by atoms with E-state index >= 15 is 0 Å². The summed E-state index contributed by atoms with van der Waals surface area (Å²) in [4.78, 5) is 17.9. The van der Waals surface area contributed by atoms with Gasteiger partial charge in [0, 0.05) is 28.3 Å². The quantitative estimate of drug-likeness (QED) is 0.466. The average molecular weight is 419 g/mol. The van der Waals surface area contributed by atoms with Crippen LogP contribution in [0.5, 0.6) is 0 Å². The molecule has 2 aromatic carbocycles. The summed E-state index contributed by atoms with van der Waals surface area (Å²) in [5.74, 6) is 0.117. The number of amides is 1. The van der Waals surface area contributed by atoms with Crippen LogP contribution in [-0.4, -0.2) is 26.5 Å². The Morgan fingerprint density at radius 2 is 1.67 bits per heavy atom. The van der Waals surface area contributed by atoms with E-state index in [0.717, 1.165) is 16.8 Å². The maximum absolute atomic E-state index is 13.2. The van der Waals surface area contributed by atoms with E-state index in [1.807, 2.05) is 67.6 Å². The molecule has 0 spiro atoms. The highest BCUT2D eigenvalue weighted by Crippen LogP contribution is 2.28. The second-order valence-electron chi connectivity index (χ2n) is 7.68. The summed E-state index contributed by atoms with van der Waals surface area (Å²) in [6, 6.07) is 21.0. The molecule has 2 heterocycles. The number of rotatable bonds is 5. The molecule has 5 nitrogen and oxygen atoms in total. The molecular formula is C24H23ClN4O. The number of aromatic nitrogens is 3. The fourth-order valence-corrected chi connectivity index (χ4v) is 3.37. The summed E-state index contributed by atoms with van der Waals surface area (Å²) in [6.07, 6.45) is 0. The summed E-state index contributed by atoms with van der Waals surface area (Å²) in [7, 11) is 0. The molecular weight excluding hydrogens is 396 g/mol. The van der Waals surface area contributed by atoms with Gasteiger partial charge in [-0.15, -0.1) is 0 Å². The van der Waals surface area contributed by atoms with Gasteiger partial charge in [-0.25, -0.2) is 9.50 Å². The number of halogens is 1. The predicted molar refractivity (Wildman–Crippen MR) is 121 cm³/mol. The van der Waals surface area contributed by atoms with Gasteiger partial charge in [0.15, 0.2) is 5.65 Å². The first-order valence-electron chi connectivity index (χ1n) is 9.96. The van der Waals surface area contributed by atoms with Crippen LogP contribution in [0.15, 0.2) is 66.7 Å². The smallest absolute Gasteiger partial charge is 0.270 e. The molecule has 152 valence electrons. The third-order valence-electron chi connectivity index (χ3n) is 5.24. The lowest BCUT2D eigenvalue weighted by molar-refractivity contribution is 0.0923. The van der Waals surface area contributed by atoms with E-state index in [4.69, 9.17) is 16.6 Å². The SMILES string of the molecule is CC(C)[C@H](C)NC(=O)c1cc(-c2ccccc2Cl)nc2cc(-c3ccccc3)nn12. The van der Waals surface area contributed by atoms with Gasteiger partial charge in [0.2, 0.25) is 0 Å². The van der Waals surface area contributed by atoms with Gasteiger partial charge in [-0.2, -0.15) is 5.10 Å². The van der Waals surface area contributed by atoms with E-state index < -0.39 is 0 Å². The summed E-state index contributed by atoms with van der Waals surface area (Å²) in [5.41, 5.74) is 4.14. The minimum atomic E-state index is -0.195. The molecule has 0 aliphatic carbocycles. The van der Waals surface area contributed by atoms with Crippen molar-refractivity contribution in [2.24, 2.45) is 5.92 Å². The van der Waals surface area contributed by atoms with Crippen LogP contribution in [-0.2, 0) is 0 Å². The van der Waals surface area contributed by atoms with Gasteiger partial charge in [-0.05, 0) is 25.0 Å². The molecule has 0 bridgehead atoms. The molecule has 6 heteroatoms. The minimum Gasteiger partial charge on any atom is -0.348 e. The van der Waals surface area contributed by atoms with Crippen molar-refractivity contribution in [2.45, 2.75) is 26.8 Å². The van der Waals surface area contributed by atoms with Crippen molar-refractivity contribution in [2.75, 3.05) is 0 Å². The molecule has 0 aliphatic heterocycles. The van der Waals surface area contributed by atoms with E-state index in [-0.39, 0.29) is 11.9 Å². The number of carbonyl (C=O) groups excluding carboxylic acids is 1. The van der Waals surface area contributed by atoms with Crippen molar-refractivity contribution in [1.82, 2.24) is 19.9 Å². The first kappa shape index (κ1) is 20.1. The zero-order chi connectivity index (χ0) is 21.3. The van der Waals surface area contributed by atoms with Gasteiger partial charge < -0.3 is 5.32 Å². The molecule has 4 rings (SSSR count). The number of carbonyl (C=O) groups is 1. The van der Waals surface area contributed by atoms with Crippen LogP contribution in [0, 0.1) is 5.92 Å². The molecule has 30 heavy (non-hydrogen) atoms. The molecule has 0 fully saturated rings. The molecule has 0 unspecified atom stereocenters. The highest BCUT2D eigenvalue weighted by molar-refractivity contribution is 6.33. The topological polar surface area (TPSA) is 59.3 Å². The first-order valence-corrected chi connectivity index (χ1v) is 10.3. The number of hydrogen-bond donors (Lipinski definition) is 1. The third kappa shape index (κ3) is 3.94. The lowest BCUT2D eigenvalue weighted by Crippen LogP contribution is -2.37. The Morgan fingerprint density at radius 1 is 0.967 bits per heavy atom. The summed E-state index contributed by atoms with van der Waals surface area (Å²) < 4.78 is 1.60. The number of nitrogens with one attached hydrogen (secondary N) is 1. The second kappa shape index (κ2) is 8.28. The monoisotopic (exact) mass is 418 g/mol. The maximum atomic E-state index is 13.2. The first-order chi connectivity index (χ1) is 14.4. The fraction of sp³-hybridized carbons (Fsp3) is 0.208. The maximum Gasteiger partial charge on any atom is 0.270 e. The summed E-state index contributed by atoms with van der Waals surface area (Å²) in [5, 5.41) is 8.33. The highest BCUT2D eigenvalue weighted by Gasteiger charge is 2.20. The molecule has 2 aromatic heterocycles. The Labute approximate surface area is 180 Å². The predicted octanol–water partition coefficient (Wildman–Crippen LogP) is 5.49. The van der Waals surface area contributed by atoms with Crippen LogP contribution in [0.4, 0.5) is 0 Å². The van der Waals surface area contributed by atoms with Gasteiger partial charge >= 0.3 is 0 Å². The molecule has 1 atom stereocenters. The van der Waals surface area contributed by atoms with E-state index in [2.05, 4.69) is 24.3 Å². The van der Waals surface area contributed by atoms with Crippen LogP contribution in [0.1, 0.15) is 31.3 Å². The Balaban J connectivity index is 1.89. The van der Waals surface area contributed by atoms with Crippen molar-refractivity contribution in [3.63, 3.8) is 0 Å². The van der Waals surface area contributed by atoms with Gasteiger partial charge in [0.1, 0.15) is 5.69 Å². The lowest BCUT2D eigenvalue weighted by Gasteiger charge is -2.18. The molecule has 1 amide bonds. The molecule has 0 saturated carbocycles. The summed E-state index contributed by atoms with van der Waals surface area (Å²) >= 11 is 6.41. The summed E-state index contributed by atoms with van der Waals surface area (Å²) in [6.45, 7) is 6.14. The van der Waals surface area contributed by atoms with Crippen LogP contribution >= 0.6 is 11.6 Å². The van der Waals surface area contributed by atoms with Gasteiger partial charge in [0.25, 0.3) is 5.91 Å². The molecule has 0 aliphatic rings. The van der Waals surface area contributed by atoms with Gasteiger partial charge in [-0.1, -0.05) is 74.0 Å². The Hall–Kier alpha value is -3.18. The lowest BCUT2D eigenvalue weighted by atomic mass is 10.1. The molecule has 1 N–H and O–H groups in total. The van der Waals surface area contributed by atoms with Crippen LogP contribution < -0.4 is 5.32 Å². The van der Waals surface area contributed by atoms with E-state index in [1.165, 1.54) is 0 Å². The van der Waals surface area contributed by atoms with Crippen LogP contribution in [0.25, 0.3) is 28.2 Å².